The summed E-state index contributed by atoms with van der Waals surface area (Å²) in [5, 5.41) is 10.9. The lowest BCUT2D eigenvalue weighted by Crippen LogP contribution is -2.52. The normalized spacial score (nSPS) is 15.1. The van der Waals surface area contributed by atoms with E-state index >= 15 is 0 Å². The van der Waals surface area contributed by atoms with E-state index in [2.05, 4.69) is 55.0 Å². The molecule has 0 bridgehead atoms. The van der Waals surface area contributed by atoms with Crippen LogP contribution in [0.1, 0.15) is 107 Å². The van der Waals surface area contributed by atoms with Crippen LogP contribution in [0.5, 0.6) is 0 Å². The Morgan fingerprint density at radius 3 is 1.65 bits per heavy atom. The molecule has 0 aromatic rings. The van der Waals surface area contributed by atoms with Gasteiger partial charge in [-0.1, -0.05) is 106 Å². The quantitative estimate of drug-likeness (QED) is 0.179. The summed E-state index contributed by atoms with van der Waals surface area (Å²) < 4.78 is 6.85. The minimum atomic E-state index is -2.01. The third kappa shape index (κ3) is 7.86. The number of hydrogen-bond acceptors (Lipinski definition) is 2. The van der Waals surface area contributed by atoms with E-state index in [-0.39, 0.29) is 6.10 Å². The van der Waals surface area contributed by atoms with Gasteiger partial charge in [0.25, 0.3) is 0 Å². The number of unbranched alkanes of at least 4 members (excludes halogenated alkanes) is 6. The maximum absolute atomic E-state index is 10.9. The molecule has 0 amide bonds. The first-order chi connectivity index (χ1) is 12.1. The van der Waals surface area contributed by atoms with E-state index in [1.54, 1.807) is 0 Å². The molecule has 0 aliphatic rings. The van der Waals surface area contributed by atoms with Gasteiger partial charge in [0.2, 0.25) is 8.32 Å². The summed E-state index contributed by atoms with van der Waals surface area (Å²) in [6, 6.07) is 0. The van der Waals surface area contributed by atoms with Crippen molar-refractivity contribution in [1.29, 1.82) is 0 Å². The second-order valence-corrected chi connectivity index (χ2v) is 14.6. The van der Waals surface area contributed by atoms with Crippen LogP contribution in [0.3, 0.4) is 0 Å². The molecule has 0 aliphatic carbocycles. The summed E-state index contributed by atoms with van der Waals surface area (Å²) in [7, 11) is -2.01. The summed E-state index contributed by atoms with van der Waals surface area (Å²) >= 11 is 0. The first kappa shape index (κ1) is 25.9. The first-order valence-corrected chi connectivity index (χ1v) is 13.3. The Balaban J connectivity index is 4.82. The van der Waals surface area contributed by atoms with Crippen LogP contribution in [0, 0.1) is 0 Å². The highest BCUT2D eigenvalue weighted by Gasteiger charge is 2.47. The summed E-state index contributed by atoms with van der Waals surface area (Å²) in [4.78, 5) is 0. The molecule has 2 nitrogen and oxygen atoms in total. The Kier molecular flexibility index (Phi) is 13.1. The largest absolute Gasteiger partial charge is 0.407 e. The lowest BCUT2D eigenvalue weighted by atomic mass is 10.0. The van der Waals surface area contributed by atoms with Crippen LogP contribution in [0.25, 0.3) is 0 Å². The molecule has 0 radical (unpaired) electrons. The fraction of sp³-hybridized carbons (Fsp3) is 0.913. The van der Waals surface area contributed by atoms with Gasteiger partial charge in [0.1, 0.15) is 0 Å². The minimum Gasteiger partial charge on any atom is -0.407 e. The van der Waals surface area contributed by atoms with Gasteiger partial charge in [-0.3, -0.25) is 0 Å². The second-order valence-electron chi connectivity index (χ2n) is 9.18. The summed E-state index contributed by atoms with van der Waals surface area (Å²) in [6.45, 7) is 22.2. The first-order valence-electron chi connectivity index (χ1n) is 11.1. The molecule has 0 unspecified atom stereocenters. The molecule has 0 saturated carbocycles. The van der Waals surface area contributed by atoms with Crippen LogP contribution >= 0.6 is 0 Å². The molecular formula is C23H48O2Si. The topological polar surface area (TPSA) is 29.5 Å². The molecule has 0 aromatic carbocycles. The van der Waals surface area contributed by atoms with Gasteiger partial charge in [-0.15, -0.1) is 0 Å². The third-order valence-electron chi connectivity index (χ3n) is 5.98. The van der Waals surface area contributed by atoms with Gasteiger partial charge in [-0.2, -0.15) is 0 Å². The van der Waals surface area contributed by atoms with Gasteiger partial charge >= 0.3 is 0 Å². The zero-order chi connectivity index (χ0) is 20.3. The van der Waals surface area contributed by atoms with E-state index in [0.717, 1.165) is 18.4 Å². The van der Waals surface area contributed by atoms with Crippen molar-refractivity contribution in [1.82, 2.24) is 0 Å². The van der Waals surface area contributed by atoms with Crippen molar-refractivity contribution in [3.63, 3.8) is 0 Å². The molecule has 0 saturated heterocycles. The Hall–Kier alpha value is -0.123. The molecule has 26 heavy (non-hydrogen) atoms. The van der Waals surface area contributed by atoms with Crippen molar-refractivity contribution in [2.75, 3.05) is 0 Å². The summed E-state index contributed by atoms with van der Waals surface area (Å²) in [6.07, 6.45) is 9.09. The Labute approximate surface area is 165 Å². The lowest BCUT2D eigenvalue weighted by Gasteiger charge is -2.45. The van der Waals surface area contributed by atoms with Crippen LogP contribution < -0.4 is 0 Å². The average molecular weight is 385 g/mol. The van der Waals surface area contributed by atoms with E-state index in [9.17, 15) is 5.11 Å². The molecule has 156 valence electrons. The van der Waals surface area contributed by atoms with Gasteiger partial charge in [-0.25, -0.2) is 0 Å². The maximum Gasteiger partial charge on any atom is 0.201 e. The maximum atomic E-state index is 10.9. The smallest absolute Gasteiger partial charge is 0.201 e. The van der Waals surface area contributed by atoms with Crippen LogP contribution in [0.4, 0.5) is 0 Å². The van der Waals surface area contributed by atoms with E-state index in [1.807, 2.05) is 6.92 Å². The van der Waals surface area contributed by atoms with Gasteiger partial charge in [0, 0.05) is 0 Å². The van der Waals surface area contributed by atoms with Gasteiger partial charge in [-0.05, 0) is 30.0 Å². The standard InChI is InChI=1S/C23H48O2Si/c1-10-11-12-13-14-15-16-17-22(24)23(18(2)3)25-26(19(4)5,20(6)7)21(8)9/h19-24H,2,10-17H2,1,3-9H3/t22-,23+/m1/s1. The van der Waals surface area contributed by atoms with E-state index in [0.29, 0.717) is 16.6 Å². The molecule has 1 N–H and O–H groups in total. The van der Waals surface area contributed by atoms with Crippen molar-refractivity contribution >= 4 is 8.32 Å². The Bertz CT molecular complexity index is 355. The van der Waals surface area contributed by atoms with Crippen molar-refractivity contribution < 1.29 is 9.53 Å². The molecular weight excluding hydrogens is 336 g/mol. The lowest BCUT2D eigenvalue weighted by molar-refractivity contribution is 0.0394. The molecule has 0 rings (SSSR count). The fourth-order valence-electron chi connectivity index (χ4n) is 4.60. The van der Waals surface area contributed by atoms with Crippen LogP contribution in [0.2, 0.25) is 16.6 Å². The van der Waals surface area contributed by atoms with Gasteiger partial charge in [0.05, 0.1) is 12.2 Å². The average Bonchev–Trinajstić information content (AvgIpc) is 2.53. The zero-order valence-electron chi connectivity index (χ0n) is 19.1. The Morgan fingerprint density at radius 2 is 1.27 bits per heavy atom. The molecule has 0 fully saturated rings. The highest BCUT2D eigenvalue weighted by Crippen LogP contribution is 2.44. The fourth-order valence-corrected chi connectivity index (χ4v) is 10.2. The summed E-state index contributed by atoms with van der Waals surface area (Å²) in [5.74, 6) is 0. The van der Waals surface area contributed by atoms with Crippen LogP contribution in [0.15, 0.2) is 12.2 Å². The van der Waals surface area contributed by atoms with Gasteiger partial charge in [0.15, 0.2) is 0 Å². The van der Waals surface area contributed by atoms with Gasteiger partial charge < -0.3 is 9.53 Å². The zero-order valence-corrected chi connectivity index (χ0v) is 20.1. The van der Waals surface area contributed by atoms with Crippen molar-refractivity contribution in [3.8, 4) is 0 Å². The van der Waals surface area contributed by atoms with Crippen molar-refractivity contribution in [3.05, 3.63) is 12.2 Å². The monoisotopic (exact) mass is 384 g/mol. The number of rotatable bonds is 15. The number of aliphatic hydroxyl groups excluding tert-OH is 1. The minimum absolute atomic E-state index is 0.214. The highest BCUT2D eigenvalue weighted by molar-refractivity contribution is 6.77. The molecule has 3 heteroatoms. The number of hydrogen-bond donors (Lipinski definition) is 1. The molecule has 0 aliphatic heterocycles. The predicted octanol–water partition coefficient (Wildman–Crippen LogP) is 7.62. The molecule has 2 atom stereocenters. The summed E-state index contributed by atoms with van der Waals surface area (Å²) in [5.41, 5.74) is 2.54. The van der Waals surface area contributed by atoms with Crippen molar-refractivity contribution in [2.24, 2.45) is 0 Å². The molecule has 0 heterocycles. The SMILES string of the molecule is C=C(C)[C@H](O[Si](C(C)C)(C(C)C)C(C)C)[C@H](O)CCCCCCCCC. The predicted molar refractivity (Wildman–Crippen MR) is 119 cm³/mol. The molecule has 0 spiro atoms. The molecule has 0 aromatic heterocycles. The van der Waals surface area contributed by atoms with Crippen molar-refractivity contribution in [2.45, 2.75) is 136 Å². The van der Waals surface area contributed by atoms with E-state index in [1.165, 1.54) is 38.5 Å². The third-order valence-corrected chi connectivity index (χ3v) is 12.1. The second kappa shape index (κ2) is 13.1. The van der Waals surface area contributed by atoms with Crippen LogP contribution in [-0.4, -0.2) is 25.6 Å². The van der Waals surface area contributed by atoms with Crippen LogP contribution in [-0.2, 0) is 4.43 Å². The van der Waals surface area contributed by atoms with E-state index in [4.69, 9.17) is 4.43 Å². The highest BCUT2D eigenvalue weighted by atomic mass is 28.4. The van der Waals surface area contributed by atoms with E-state index < -0.39 is 14.4 Å². The Morgan fingerprint density at radius 1 is 0.846 bits per heavy atom. The number of aliphatic hydroxyl groups is 1.